The van der Waals surface area contributed by atoms with Crippen LogP contribution in [0.15, 0.2) is 22.6 Å². The van der Waals surface area contributed by atoms with Crippen molar-refractivity contribution in [3.05, 3.63) is 29.7 Å². The van der Waals surface area contributed by atoms with Crippen LogP contribution in [0.25, 0.3) is 6.08 Å². The molecule has 1 N–H and O–H groups in total. The lowest BCUT2D eigenvalue weighted by molar-refractivity contribution is 0.525. The molecule has 1 aromatic rings. The molecule has 0 spiro atoms. The normalized spacial score (nSPS) is 17.0. The van der Waals surface area contributed by atoms with Gasteiger partial charge in [0.1, 0.15) is 11.5 Å². The smallest absolute Gasteiger partial charge is 0.126 e. The second-order valence-corrected chi connectivity index (χ2v) is 3.53. The molecule has 1 saturated carbocycles. The molecule has 2 rings (SSSR count). The molecule has 0 radical (unpaired) electrons. The van der Waals surface area contributed by atoms with Crippen molar-refractivity contribution in [3.8, 4) is 0 Å². The van der Waals surface area contributed by atoms with Crippen LogP contribution in [0.1, 0.15) is 24.4 Å². The van der Waals surface area contributed by atoms with Crippen molar-refractivity contribution >= 4 is 6.08 Å². The minimum absolute atomic E-state index is 0.781. The zero-order valence-corrected chi connectivity index (χ0v) is 7.92. The fraction of sp³-hybridized carbons (Fsp3) is 0.455. The quantitative estimate of drug-likeness (QED) is 0.763. The van der Waals surface area contributed by atoms with Crippen LogP contribution in [0.4, 0.5) is 0 Å². The first-order valence-corrected chi connectivity index (χ1v) is 4.81. The second kappa shape index (κ2) is 3.79. The van der Waals surface area contributed by atoms with Crippen LogP contribution in [-0.2, 0) is 0 Å². The highest BCUT2D eigenvalue weighted by molar-refractivity contribution is 5.42. The monoisotopic (exact) mass is 177 g/mol. The Morgan fingerprint density at radius 2 is 2.38 bits per heavy atom. The predicted octanol–water partition coefficient (Wildman–Crippen LogP) is 2.35. The Balaban J connectivity index is 1.75. The summed E-state index contributed by atoms with van der Waals surface area (Å²) in [6, 6.07) is 4.75. The highest BCUT2D eigenvalue weighted by Crippen LogP contribution is 2.18. The number of hydrogen-bond donors (Lipinski definition) is 1. The maximum absolute atomic E-state index is 5.39. The Morgan fingerprint density at radius 3 is 3.00 bits per heavy atom. The number of rotatable bonds is 4. The van der Waals surface area contributed by atoms with E-state index in [9.17, 15) is 0 Å². The van der Waals surface area contributed by atoms with Crippen molar-refractivity contribution in [1.29, 1.82) is 0 Å². The lowest BCUT2D eigenvalue weighted by Crippen LogP contribution is -2.15. The minimum Gasteiger partial charge on any atom is -0.462 e. The van der Waals surface area contributed by atoms with E-state index in [0.29, 0.717) is 0 Å². The van der Waals surface area contributed by atoms with Crippen molar-refractivity contribution in [2.75, 3.05) is 6.54 Å². The molecule has 13 heavy (non-hydrogen) atoms. The summed E-state index contributed by atoms with van der Waals surface area (Å²) in [6.07, 6.45) is 6.81. The van der Waals surface area contributed by atoms with Gasteiger partial charge in [0.15, 0.2) is 0 Å². The molecule has 70 valence electrons. The van der Waals surface area contributed by atoms with Gasteiger partial charge in [-0.15, -0.1) is 0 Å². The standard InChI is InChI=1S/C11H15NO/c1-9-4-7-11(13-9)3-2-8-12-10-5-6-10/h2-4,7,10,12H,5-6,8H2,1H3. The molecule has 0 amide bonds. The van der Waals surface area contributed by atoms with E-state index in [0.717, 1.165) is 24.1 Å². The van der Waals surface area contributed by atoms with Gasteiger partial charge in [-0.25, -0.2) is 0 Å². The zero-order valence-electron chi connectivity index (χ0n) is 7.92. The SMILES string of the molecule is Cc1ccc(C=CCNC2CC2)o1. The minimum atomic E-state index is 0.781. The van der Waals surface area contributed by atoms with Crippen LogP contribution in [0, 0.1) is 6.92 Å². The lowest BCUT2D eigenvalue weighted by Gasteiger charge is -1.93. The molecule has 2 nitrogen and oxygen atoms in total. The molecule has 0 aliphatic heterocycles. The summed E-state index contributed by atoms with van der Waals surface area (Å²) in [5, 5.41) is 3.41. The van der Waals surface area contributed by atoms with Gasteiger partial charge in [0, 0.05) is 12.6 Å². The second-order valence-electron chi connectivity index (χ2n) is 3.53. The van der Waals surface area contributed by atoms with E-state index in [1.54, 1.807) is 0 Å². The fourth-order valence-electron chi connectivity index (χ4n) is 1.24. The summed E-state index contributed by atoms with van der Waals surface area (Å²) >= 11 is 0. The molecule has 2 heteroatoms. The zero-order chi connectivity index (χ0) is 9.10. The van der Waals surface area contributed by atoms with Crippen molar-refractivity contribution in [1.82, 2.24) is 5.32 Å². The van der Waals surface area contributed by atoms with Gasteiger partial charge in [-0.05, 0) is 38.0 Å². The maximum atomic E-state index is 5.39. The number of furan rings is 1. The molecular weight excluding hydrogens is 162 g/mol. The number of hydrogen-bond acceptors (Lipinski definition) is 2. The molecule has 0 unspecified atom stereocenters. The van der Waals surface area contributed by atoms with E-state index in [1.807, 2.05) is 25.1 Å². The Morgan fingerprint density at radius 1 is 1.54 bits per heavy atom. The summed E-state index contributed by atoms with van der Waals surface area (Å²) in [6.45, 7) is 2.91. The van der Waals surface area contributed by atoms with E-state index in [-0.39, 0.29) is 0 Å². The lowest BCUT2D eigenvalue weighted by atomic mass is 10.4. The third-order valence-electron chi connectivity index (χ3n) is 2.14. The summed E-state index contributed by atoms with van der Waals surface area (Å²) < 4.78 is 5.39. The van der Waals surface area contributed by atoms with Crippen LogP contribution >= 0.6 is 0 Å². The topological polar surface area (TPSA) is 25.2 Å². The summed E-state index contributed by atoms with van der Waals surface area (Å²) in [4.78, 5) is 0. The molecule has 1 aliphatic carbocycles. The predicted molar refractivity (Wildman–Crippen MR) is 53.5 cm³/mol. The molecule has 1 aliphatic rings. The van der Waals surface area contributed by atoms with Crippen molar-refractivity contribution in [2.24, 2.45) is 0 Å². The van der Waals surface area contributed by atoms with Crippen LogP contribution in [0.5, 0.6) is 0 Å². The number of nitrogens with one attached hydrogen (secondary N) is 1. The van der Waals surface area contributed by atoms with Gasteiger partial charge in [-0.3, -0.25) is 0 Å². The largest absolute Gasteiger partial charge is 0.462 e. The van der Waals surface area contributed by atoms with E-state index < -0.39 is 0 Å². The third kappa shape index (κ3) is 2.74. The van der Waals surface area contributed by atoms with Crippen molar-refractivity contribution in [2.45, 2.75) is 25.8 Å². The summed E-state index contributed by atoms with van der Waals surface area (Å²) in [7, 11) is 0. The highest BCUT2D eigenvalue weighted by atomic mass is 16.3. The average molecular weight is 177 g/mol. The first-order chi connectivity index (χ1) is 6.34. The van der Waals surface area contributed by atoms with E-state index in [2.05, 4.69) is 11.4 Å². The van der Waals surface area contributed by atoms with Gasteiger partial charge >= 0.3 is 0 Å². The van der Waals surface area contributed by atoms with Gasteiger partial charge in [0.2, 0.25) is 0 Å². The molecule has 1 heterocycles. The van der Waals surface area contributed by atoms with Crippen LogP contribution in [0.2, 0.25) is 0 Å². The highest BCUT2D eigenvalue weighted by Gasteiger charge is 2.18. The van der Waals surface area contributed by atoms with Crippen molar-refractivity contribution < 1.29 is 4.42 Å². The Kier molecular flexibility index (Phi) is 2.50. The van der Waals surface area contributed by atoms with Gasteiger partial charge < -0.3 is 9.73 Å². The summed E-state index contributed by atoms with van der Waals surface area (Å²) in [5.41, 5.74) is 0. The van der Waals surface area contributed by atoms with Crippen molar-refractivity contribution in [3.63, 3.8) is 0 Å². The average Bonchev–Trinajstić information content (AvgIpc) is 2.84. The number of aryl methyl sites for hydroxylation is 1. The molecule has 0 atom stereocenters. The van der Waals surface area contributed by atoms with Crippen LogP contribution in [0.3, 0.4) is 0 Å². The van der Waals surface area contributed by atoms with E-state index in [1.165, 1.54) is 12.8 Å². The first kappa shape index (κ1) is 8.57. The third-order valence-corrected chi connectivity index (χ3v) is 2.14. The Hall–Kier alpha value is -1.02. The maximum Gasteiger partial charge on any atom is 0.126 e. The van der Waals surface area contributed by atoms with Gasteiger partial charge in [-0.1, -0.05) is 6.08 Å². The molecule has 0 saturated heterocycles. The van der Waals surface area contributed by atoms with E-state index in [4.69, 9.17) is 4.42 Å². The van der Waals surface area contributed by atoms with Crippen LogP contribution < -0.4 is 5.32 Å². The summed E-state index contributed by atoms with van der Waals surface area (Å²) in [5.74, 6) is 1.91. The van der Waals surface area contributed by atoms with Crippen LogP contribution in [-0.4, -0.2) is 12.6 Å². The Labute approximate surface area is 78.6 Å². The fourth-order valence-corrected chi connectivity index (χ4v) is 1.24. The molecule has 0 bridgehead atoms. The molecule has 0 aromatic carbocycles. The molecular formula is C11H15NO. The molecule has 1 fully saturated rings. The molecule has 1 aromatic heterocycles. The van der Waals surface area contributed by atoms with Gasteiger partial charge in [0.05, 0.1) is 0 Å². The van der Waals surface area contributed by atoms with Gasteiger partial charge in [-0.2, -0.15) is 0 Å². The van der Waals surface area contributed by atoms with Gasteiger partial charge in [0.25, 0.3) is 0 Å². The Bertz CT molecular complexity index is 297. The first-order valence-electron chi connectivity index (χ1n) is 4.81. The van der Waals surface area contributed by atoms with E-state index >= 15 is 0 Å².